The molecular formula is C25H30N2O3. The van der Waals surface area contributed by atoms with Crippen molar-refractivity contribution in [1.29, 1.82) is 5.26 Å². The van der Waals surface area contributed by atoms with Crippen LogP contribution >= 0.6 is 0 Å². The molecule has 0 atom stereocenters. The minimum absolute atomic E-state index is 0.0432. The zero-order chi connectivity index (χ0) is 21.6. The number of rotatable bonds is 12. The van der Waals surface area contributed by atoms with Gasteiger partial charge in [-0.1, -0.05) is 62.6 Å². The molecule has 5 heteroatoms. The van der Waals surface area contributed by atoms with Gasteiger partial charge >= 0.3 is 0 Å². The summed E-state index contributed by atoms with van der Waals surface area (Å²) < 4.78 is 11.6. The Morgan fingerprint density at radius 3 is 2.53 bits per heavy atom. The predicted octanol–water partition coefficient (Wildman–Crippen LogP) is 5.27. The zero-order valence-electron chi connectivity index (χ0n) is 17.8. The van der Waals surface area contributed by atoms with Crippen molar-refractivity contribution in [3.63, 3.8) is 0 Å². The third-order valence-electron chi connectivity index (χ3n) is 4.50. The molecule has 2 aromatic carbocycles. The average Bonchev–Trinajstić information content (AvgIpc) is 2.77. The van der Waals surface area contributed by atoms with Gasteiger partial charge in [-0.2, -0.15) is 5.26 Å². The molecule has 0 spiro atoms. The van der Waals surface area contributed by atoms with Crippen LogP contribution in [0.1, 0.15) is 50.7 Å². The summed E-state index contributed by atoms with van der Waals surface area (Å²) in [6.07, 6.45) is 6.10. The summed E-state index contributed by atoms with van der Waals surface area (Å²) >= 11 is 0. The monoisotopic (exact) mass is 406 g/mol. The highest BCUT2D eigenvalue weighted by molar-refractivity contribution is 6.01. The molecule has 30 heavy (non-hydrogen) atoms. The number of nitrogens with zero attached hydrogens (tertiary/aromatic N) is 1. The van der Waals surface area contributed by atoms with Crippen molar-refractivity contribution in [3.05, 3.63) is 65.2 Å². The van der Waals surface area contributed by atoms with Crippen LogP contribution in [0.15, 0.2) is 54.1 Å². The maximum absolute atomic E-state index is 12.4. The maximum atomic E-state index is 12.4. The lowest BCUT2D eigenvalue weighted by Gasteiger charge is -2.13. The molecule has 1 N–H and O–H groups in total. The molecule has 0 aliphatic carbocycles. The number of amides is 1. The predicted molar refractivity (Wildman–Crippen MR) is 119 cm³/mol. The molecule has 0 saturated carbocycles. The summed E-state index contributed by atoms with van der Waals surface area (Å²) in [5.74, 6) is 0.886. The lowest BCUT2D eigenvalue weighted by Crippen LogP contribution is -2.23. The zero-order valence-corrected chi connectivity index (χ0v) is 17.8. The van der Waals surface area contributed by atoms with Gasteiger partial charge in [0.1, 0.15) is 11.6 Å². The first-order valence-electron chi connectivity index (χ1n) is 10.5. The highest BCUT2D eigenvalue weighted by Gasteiger charge is 2.11. The van der Waals surface area contributed by atoms with Crippen LogP contribution in [0.5, 0.6) is 11.5 Å². The fourth-order valence-electron chi connectivity index (χ4n) is 2.90. The van der Waals surface area contributed by atoms with E-state index in [2.05, 4.69) is 12.2 Å². The third-order valence-corrected chi connectivity index (χ3v) is 4.50. The van der Waals surface area contributed by atoms with Crippen molar-refractivity contribution in [2.45, 2.75) is 46.1 Å². The molecule has 0 aliphatic rings. The van der Waals surface area contributed by atoms with E-state index in [9.17, 15) is 10.1 Å². The van der Waals surface area contributed by atoms with Crippen molar-refractivity contribution in [1.82, 2.24) is 5.32 Å². The Kier molecular flexibility index (Phi) is 10.0. The maximum Gasteiger partial charge on any atom is 0.262 e. The van der Waals surface area contributed by atoms with E-state index < -0.39 is 5.91 Å². The van der Waals surface area contributed by atoms with Crippen molar-refractivity contribution < 1.29 is 14.3 Å². The van der Waals surface area contributed by atoms with E-state index >= 15 is 0 Å². The topological polar surface area (TPSA) is 71.3 Å². The summed E-state index contributed by atoms with van der Waals surface area (Å²) in [5.41, 5.74) is 1.73. The Hall–Kier alpha value is -3.26. The Morgan fingerprint density at radius 1 is 1.03 bits per heavy atom. The van der Waals surface area contributed by atoms with Crippen LogP contribution in [-0.2, 0) is 11.3 Å². The van der Waals surface area contributed by atoms with E-state index in [0.717, 1.165) is 18.4 Å². The molecule has 158 valence electrons. The molecule has 0 fully saturated rings. The van der Waals surface area contributed by atoms with Crippen molar-refractivity contribution in [2.24, 2.45) is 0 Å². The number of carbonyl (C=O) groups excluding carboxylic acids is 1. The third kappa shape index (κ3) is 7.63. The summed E-state index contributed by atoms with van der Waals surface area (Å²) in [4.78, 5) is 12.4. The molecule has 0 unspecified atom stereocenters. The van der Waals surface area contributed by atoms with Crippen molar-refractivity contribution in [2.75, 3.05) is 13.2 Å². The quantitative estimate of drug-likeness (QED) is 0.296. The number of hydrogen-bond acceptors (Lipinski definition) is 4. The largest absolute Gasteiger partial charge is 0.490 e. The minimum Gasteiger partial charge on any atom is -0.490 e. The second kappa shape index (κ2) is 13.1. The summed E-state index contributed by atoms with van der Waals surface area (Å²) in [7, 11) is 0. The van der Waals surface area contributed by atoms with Crippen LogP contribution < -0.4 is 14.8 Å². The lowest BCUT2D eigenvalue weighted by atomic mass is 10.1. The Bertz CT molecular complexity index is 870. The van der Waals surface area contributed by atoms with E-state index in [1.54, 1.807) is 12.1 Å². The number of benzene rings is 2. The molecule has 5 nitrogen and oxygen atoms in total. The smallest absolute Gasteiger partial charge is 0.262 e. The molecular weight excluding hydrogens is 376 g/mol. The van der Waals surface area contributed by atoms with E-state index in [4.69, 9.17) is 9.47 Å². The van der Waals surface area contributed by atoms with Gasteiger partial charge in [-0.05, 0) is 42.7 Å². The average molecular weight is 407 g/mol. The number of carbonyl (C=O) groups is 1. The first-order chi connectivity index (χ1) is 14.7. The van der Waals surface area contributed by atoms with Gasteiger partial charge < -0.3 is 14.8 Å². The molecule has 0 bridgehead atoms. The summed E-state index contributed by atoms with van der Waals surface area (Å²) in [6, 6.07) is 17.0. The van der Waals surface area contributed by atoms with Crippen molar-refractivity contribution >= 4 is 12.0 Å². The van der Waals surface area contributed by atoms with Gasteiger partial charge in [0.25, 0.3) is 5.91 Å². The van der Waals surface area contributed by atoms with Crippen LogP contribution in [0.2, 0.25) is 0 Å². The summed E-state index contributed by atoms with van der Waals surface area (Å²) in [5, 5.41) is 12.2. The second-order valence-electron chi connectivity index (χ2n) is 6.89. The number of nitrogens with one attached hydrogen (secondary N) is 1. The number of unbranched alkanes of at least 4 members (excludes halogenated alkanes) is 3. The molecule has 0 aliphatic heterocycles. The minimum atomic E-state index is -0.407. The van der Waals surface area contributed by atoms with Crippen LogP contribution in [0, 0.1) is 11.3 Å². The first kappa shape index (κ1) is 23.0. The van der Waals surface area contributed by atoms with E-state index in [-0.39, 0.29) is 5.57 Å². The number of ether oxygens (including phenoxy) is 2. The number of nitriles is 1. The lowest BCUT2D eigenvalue weighted by molar-refractivity contribution is -0.117. The molecule has 0 radical (unpaired) electrons. The molecule has 1 amide bonds. The molecule has 0 saturated heterocycles. The number of hydrogen-bond donors (Lipinski definition) is 1. The van der Waals surface area contributed by atoms with Crippen LogP contribution in [-0.4, -0.2) is 19.1 Å². The fourth-order valence-corrected chi connectivity index (χ4v) is 2.90. The van der Waals surface area contributed by atoms with Gasteiger partial charge in [0.05, 0.1) is 13.2 Å². The van der Waals surface area contributed by atoms with Crippen LogP contribution in [0.4, 0.5) is 0 Å². The Morgan fingerprint density at radius 2 is 1.83 bits per heavy atom. The van der Waals surface area contributed by atoms with Gasteiger partial charge in [0.15, 0.2) is 11.5 Å². The first-order valence-corrected chi connectivity index (χ1v) is 10.5. The van der Waals surface area contributed by atoms with E-state index in [1.807, 2.05) is 55.5 Å². The Labute approximate surface area is 179 Å². The van der Waals surface area contributed by atoms with Gasteiger partial charge in [-0.25, -0.2) is 0 Å². The highest BCUT2D eigenvalue weighted by atomic mass is 16.5. The highest BCUT2D eigenvalue weighted by Crippen LogP contribution is 2.29. The van der Waals surface area contributed by atoms with Gasteiger partial charge in [0, 0.05) is 6.54 Å². The summed E-state index contributed by atoms with van der Waals surface area (Å²) in [6.45, 7) is 5.60. The second-order valence-corrected chi connectivity index (χ2v) is 6.89. The molecule has 0 aromatic heterocycles. The van der Waals surface area contributed by atoms with Crippen LogP contribution in [0.3, 0.4) is 0 Å². The van der Waals surface area contributed by atoms with Crippen LogP contribution in [0.25, 0.3) is 6.08 Å². The molecule has 0 heterocycles. The van der Waals surface area contributed by atoms with Gasteiger partial charge in [0.2, 0.25) is 0 Å². The normalized spacial score (nSPS) is 10.9. The van der Waals surface area contributed by atoms with Gasteiger partial charge in [-0.15, -0.1) is 0 Å². The molecule has 2 rings (SSSR count). The standard InChI is InChI=1S/C25H30N2O3/c1-3-5-6-10-15-30-23-14-13-21(17-24(23)29-4-2)16-22(18-26)25(28)27-19-20-11-8-7-9-12-20/h7-9,11-14,16-17H,3-6,10,15,19H2,1-2H3,(H,27,28)/b22-16+. The van der Waals surface area contributed by atoms with Crippen molar-refractivity contribution in [3.8, 4) is 17.6 Å². The molecule has 2 aromatic rings. The van der Waals surface area contributed by atoms with E-state index in [0.29, 0.717) is 36.8 Å². The van der Waals surface area contributed by atoms with Gasteiger partial charge in [-0.3, -0.25) is 4.79 Å². The Balaban J connectivity index is 2.06. The SMILES string of the molecule is CCCCCCOc1ccc(/C=C(\C#N)C(=O)NCc2ccccc2)cc1OCC. The fraction of sp³-hybridized carbons (Fsp3) is 0.360. The van der Waals surface area contributed by atoms with E-state index in [1.165, 1.54) is 12.8 Å².